The summed E-state index contributed by atoms with van der Waals surface area (Å²) in [7, 11) is -1.37. The van der Waals surface area contributed by atoms with Crippen LogP contribution < -0.4 is 9.47 Å². The second-order valence-corrected chi connectivity index (χ2v) is 17.7. The first-order valence-corrected chi connectivity index (χ1v) is 18.3. The van der Waals surface area contributed by atoms with E-state index in [0.717, 1.165) is 33.5 Å². The largest absolute Gasteiger partial charge is 0.494 e. The van der Waals surface area contributed by atoms with Gasteiger partial charge in [0.1, 0.15) is 23.2 Å². The predicted octanol–water partition coefficient (Wildman–Crippen LogP) is 8.97. The number of ether oxygens (including phenoxy) is 2. The Morgan fingerprint density at radius 2 is 1.47 bits per heavy atom. The average Bonchev–Trinajstić information content (AvgIpc) is 3.33. The van der Waals surface area contributed by atoms with Crippen LogP contribution in [0.25, 0.3) is 21.7 Å². The fourth-order valence-electron chi connectivity index (χ4n) is 5.31. The zero-order valence-electron chi connectivity index (χ0n) is 24.6. The van der Waals surface area contributed by atoms with Gasteiger partial charge in [0.15, 0.2) is 5.75 Å². The summed E-state index contributed by atoms with van der Waals surface area (Å²) >= 11 is 0. The maximum atomic E-state index is 13.6. The van der Waals surface area contributed by atoms with Gasteiger partial charge in [-0.1, -0.05) is 92.4 Å². The van der Waals surface area contributed by atoms with Gasteiger partial charge in [0, 0.05) is 25.9 Å². The van der Waals surface area contributed by atoms with Crippen LogP contribution in [0.1, 0.15) is 22.8 Å². The molecule has 0 radical (unpaired) electrons. The zero-order chi connectivity index (χ0) is 30.0. The third kappa shape index (κ3) is 6.13. The highest BCUT2D eigenvalue weighted by Crippen LogP contribution is 2.48. The van der Waals surface area contributed by atoms with Gasteiger partial charge in [-0.3, -0.25) is 4.98 Å². The lowest BCUT2D eigenvalue weighted by Crippen LogP contribution is -2.22. The van der Waals surface area contributed by atoms with Crippen LogP contribution in [0.5, 0.6) is 17.4 Å². The van der Waals surface area contributed by atoms with E-state index < -0.39 is 14.2 Å². The maximum absolute atomic E-state index is 13.6. The number of nitrogens with zero attached hydrogens (tertiary/aromatic N) is 2. The molecular weight excluding hydrogens is 555 g/mol. The number of halogens is 1. The number of benzene rings is 4. The van der Waals surface area contributed by atoms with Gasteiger partial charge in [-0.25, -0.2) is 4.39 Å². The van der Waals surface area contributed by atoms with E-state index in [-0.39, 0.29) is 11.7 Å². The third-order valence-corrected chi connectivity index (χ3v) is 9.30. The lowest BCUT2D eigenvalue weighted by molar-refractivity contribution is 0.252. The van der Waals surface area contributed by atoms with Crippen LogP contribution in [-0.2, 0) is 6.54 Å². The Morgan fingerprint density at radius 3 is 2.09 bits per heavy atom. The van der Waals surface area contributed by atoms with Gasteiger partial charge in [-0.15, -0.1) is 0 Å². The molecule has 43 heavy (non-hydrogen) atoms. The van der Waals surface area contributed by atoms with Crippen LogP contribution in [0.3, 0.4) is 0 Å². The molecule has 0 aliphatic heterocycles. The summed E-state index contributed by atoms with van der Waals surface area (Å²) in [5, 5.41) is 13.9. The lowest BCUT2D eigenvalue weighted by Gasteiger charge is -2.23. The van der Waals surface area contributed by atoms with Crippen molar-refractivity contribution < 1.29 is 19.0 Å². The molecule has 0 spiro atoms. The van der Waals surface area contributed by atoms with Crippen molar-refractivity contribution in [3.63, 3.8) is 0 Å². The SMILES string of the molecule is C[Si](C)(C)CCOc1c2cccnc2c(OC(c2ccccc2)c2ccccc2)c2c(O)n(Cc3ccc(F)cc3)cc12. The number of rotatable bonds is 10. The summed E-state index contributed by atoms with van der Waals surface area (Å²) in [5.74, 6) is 0.894. The standard InChI is InChI=1S/C36H35FN2O3Si/c1-43(2,3)22-21-41-34-29-15-10-20-38-32(29)35(42-33(26-11-6-4-7-12-26)27-13-8-5-9-14-27)31-30(34)24-39(36(31)40)23-25-16-18-28(37)19-17-25/h4-20,24,33,40H,21-23H2,1-3H3. The Morgan fingerprint density at radius 1 is 0.814 bits per heavy atom. The molecule has 2 aromatic heterocycles. The fourth-order valence-corrected chi connectivity index (χ4v) is 6.03. The van der Waals surface area contributed by atoms with E-state index in [1.54, 1.807) is 22.9 Å². The van der Waals surface area contributed by atoms with Gasteiger partial charge in [0.05, 0.1) is 23.9 Å². The number of hydrogen-bond acceptors (Lipinski definition) is 4. The summed E-state index contributed by atoms with van der Waals surface area (Å²) in [6.07, 6.45) is 3.19. The molecule has 0 saturated heterocycles. The quantitative estimate of drug-likeness (QED) is 0.162. The lowest BCUT2D eigenvalue weighted by atomic mass is 10.0. The molecule has 4 aromatic carbocycles. The van der Waals surface area contributed by atoms with E-state index in [1.165, 1.54) is 12.1 Å². The van der Waals surface area contributed by atoms with Crippen molar-refractivity contribution in [1.29, 1.82) is 0 Å². The third-order valence-electron chi connectivity index (χ3n) is 7.59. The molecule has 1 N–H and O–H groups in total. The van der Waals surface area contributed by atoms with Gasteiger partial charge < -0.3 is 19.1 Å². The molecule has 2 heterocycles. The van der Waals surface area contributed by atoms with Crippen LogP contribution in [-0.4, -0.2) is 29.3 Å². The first kappa shape index (κ1) is 28.5. The van der Waals surface area contributed by atoms with Crippen molar-refractivity contribution in [3.05, 3.63) is 132 Å². The monoisotopic (exact) mass is 590 g/mol. The molecule has 0 unspecified atom stereocenters. The van der Waals surface area contributed by atoms with Gasteiger partial charge in [0.25, 0.3) is 0 Å². The zero-order valence-corrected chi connectivity index (χ0v) is 25.6. The summed E-state index contributed by atoms with van der Waals surface area (Å²) in [6.45, 7) is 7.87. The first-order chi connectivity index (χ1) is 20.8. The second kappa shape index (κ2) is 11.9. The molecule has 0 saturated carbocycles. The van der Waals surface area contributed by atoms with Crippen LogP contribution in [0.4, 0.5) is 4.39 Å². The Bertz CT molecular complexity index is 1810. The summed E-state index contributed by atoms with van der Waals surface area (Å²) in [4.78, 5) is 4.77. The van der Waals surface area contributed by atoms with E-state index in [9.17, 15) is 9.50 Å². The minimum absolute atomic E-state index is 0.0387. The molecule has 0 amide bonds. The fraction of sp³-hybridized carbons (Fsp3) is 0.194. The first-order valence-electron chi connectivity index (χ1n) is 14.5. The molecular formula is C36H35FN2O3Si. The van der Waals surface area contributed by atoms with Gasteiger partial charge >= 0.3 is 0 Å². The molecule has 218 valence electrons. The highest BCUT2D eigenvalue weighted by atomic mass is 28.3. The van der Waals surface area contributed by atoms with Crippen molar-refractivity contribution in [2.24, 2.45) is 0 Å². The van der Waals surface area contributed by atoms with Crippen molar-refractivity contribution in [3.8, 4) is 17.4 Å². The van der Waals surface area contributed by atoms with E-state index in [1.807, 2.05) is 79.0 Å². The Kier molecular flexibility index (Phi) is 7.91. The van der Waals surface area contributed by atoms with Crippen LogP contribution >= 0.6 is 0 Å². The molecule has 0 fully saturated rings. The molecule has 5 nitrogen and oxygen atoms in total. The second-order valence-electron chi connectivity index (χ2n) is 12.0. The maximum Gasteiger partial charge on any atom is 0.203 e. The normalized spacial score (nSPS) is 11.8. The highest BCUT2D eigenvalue weighted by Gasteiger charge is 2.27. The molecule has 0 aliphatic rings. The average molecular weight is 591 g/mol. The predicted molar refractivity (Wildman–Crippen MR) is 173 cm³/mol. The number of pyridine rings is 1. The number of aromatic hydroxyl groups is 1. The van der Waals surface area contributed by atoms with E-state index in [4.69, 9.17) is 14.5 Å². The molecule has 7 heteroatoms. The Labute approximate surface area is 252 Å². The van der Waals surface area contributed by atoms with Crippen molar-refractivity contribution in [1.82, 2.24) is 9.55 Å². The van der Waals surface area contributed by atoms with Crippen LogP contribution in [0, 0.1) is 5.82 Å². The van der Waals surface area contributed by atoms with E-state index >= 15 is 0 Å². The number of fused-ring (bicyclic) bond motifs is 2. The van der Waals surface area contributed by atoms with Crippen molar-refractivity contribution in [2.45, 2.75) is 38.3 Å². The van der Waals surface area contributed by atoms with E-state index in [0.29, 0.717) is 35.6 Å². The van der Waals surface area contributed by atoms with Gasteiger partial charge in [0.2, 0.25) is 5.88 Å². The van der Waals surface area contributed by atoms with Gasteiger partial charge in [-0.2, -0.15) is 0 Å². The summed E-state index contributed by atoms with van der Waals surface area (Å²) < 4.78 is 28.9. The van der Waals surface area contributed by atoms with E-state index in [2.05, 4.69) is 19.6 Å². The highest BCUT2D eigenvalue weighted by molar-refractivity contribution is 6.76. The number of aromatic nitrogens is 2. The van der Waals surface area contributed by atoms with Crippen molar-refractivity contribution in [2.75, 3.05) is 6.61 Å². The molecule has 0 aliphatic carbocycles. The minimum atomic E-state index is -1.37. The Balaban J connectivity index is 1.56. The number of hydrogen-bond donors (Lipinski definition) is 1. The minimum Gasteiger partial charge on any atom is -0.494 e. The smallest absolute Gasteiger partial charge is 0.203 e. The molecule has 0 bridgehead atoms. The molecule has 6 rings (SSSR count). The van der Waals surface area contributed by atoms with Gasteiger partial charge in [-0.05, 0) is 47.0 Å². The topological polar surface area (TPSA) is 56.5 Å². The van der Waals surface area contributed by atoms with Crippen molar-refractivity contribution >= 4 is 29.7 Å². The summed E-state index contributed by atoms with van der Waals surface area (Å²) in [6, 6.07) is 31.3. The molecule has 0 atom stereocenters. The van der Waals surface area contributed by atoms with Crippen LogP contribution in [0.15, 0.2) is 109 Å². The Hall–Kier alpha value is -4.62. The van der Waals surface area contributed by atoms with Crippen LogP contribution in [0.2, 0.25) is 25.7 Å². The molecule has 6 aromatic rings. The summed E-state index contributed by atoms with van der Waals surface area (Å²) in [5.41, 5.74) is 3.43.